The first-order valence-corrected chi connectivity index (χ1v) is 7.88. The van der Waals surface area contributed by atoms with Crippen molar-refractivity contribution in [2.75, 3.05) is 13.7 Å². The van der Waals surface area contributed by atoms with E-state index in [1.807, 2.05) is 18.9 Å². The van der Waals surface area contributed by atoms with Crippen molar-refractivity contribution >= 4 is 5.91 Å². The number of ether oxygens (including phenoxy) is 1. The van der Waals surface area contributed by atoms with Crippen molar-refractivity contribution in [1.82, 2.24) is 14.7 Å². The first-order valence-electron chi connectivity index (χ1n) is 7.88. The maximum atomic E-state index is 12.7. The first-order chi connectivity index (χ1) is 10.0. The normalized spacial score (nSPS) is 23.7. The molecule has 1 fully saturated rings. The van der Waals surface area contributed by atoms with Gasteiger partial charge < -0.3 is 9.64 Å². The first kappa shape index (κ1) is 16.0. The van der Waals surface area contributed by atoms with E-state index in [2.05, 4.69) is 18.9 Å². The molecule has 0 aliphatic heterocycles. The number of carbonyl (C=O) groups is 1. The lowest BCUT2D eigenvalue weighted by atomic mass is 9.58. The van der Waals surface area contributed by atoms with Gasteiger partial charge in [0, 0.05) is 38.4 Å². The number of nitrogens with zero attached hydrogens (tertiary/aromatic N) is 3. The van der Waals surface area contributed by atoms with Crippen LogP contribution in [0.5, 0.6) is 0 Å². The summed E-state index contributed by atoms with van der Waals surface area (Å²) in [5.41, 5.74) is 0.720. The van der Waals surface area contributed by atoms with Crippen molar-refractivity contribution in [2.24, 2.45) is 12.5 Å². The molecule has 0 saturated heterocycles. The molecule has 2 atom stereocenters. The van der Waals surface area contributed by atoms with Crippen LogP contribution < -0.4 is 0 Å². The van der Waals surface area contributed by atoms with Crippen molar-refractivity contribution < 1.29 is 9.53 Å². The van der Waals surface area contributed by atoms with Gasteiger partial charge in [-0.05, 0) is 32.3 Å². The molecule has 0 aromatic carbocycles. The zero-order valence-corrected chi connectivity index (χ0v) is 13.8. The van der Waals surface area contributed by atoms with Gasteiger partial charge in [-0.3, -0.25) is 9.48 Å². The zero-order chi connectivity index (χ0) is 15.6. The molecule has 21 heavy (non-hydrogen) atoms. The van der Waals surface area contributed by atoms with E-state index in [0.29, 0.717) is 5.69 Å². The fraction of sp³-hybridized carbons (Fsp3) is 0.750. The predicted octanol–water partition coefficient (Wildman–Crippen LogP) is 2.48. The maximum Gasteiger partial charge on any atom is 0.272 e. The molecule has 118 valence electrons. The van der Waals surface area contributed by atoms with E-state index >= 15 is 0 Å². The highest BCUT2D eigenvalue weighted by atomic mass is 16.5. The Bertz CT molecular complexity index is 493. The fourth-order valence-corrected chi connectivity index (χ4v) is 3.79. The molecule has 2 rings (SSSR count). The highest BCUT2D eigenvalue weighted by Crippen LogP contribution is 2.51. The smallest absolute Gasteiger partial charge is 0.272 e. The molecule has 0 N–H and O–H groups in total. The van der Waals surface area contributed by atoms with Gasteiger partial charge in [0.2, 0.25) is 0 Å². The summed E-state index contributed by atoms with van der Waals surface area (Å²) in [4.78, 5) is 14.6. The Labute approximate surface area is 127 Å². The van der Waals surface area contributed by atoms with E-state index in [4.69, 9.17) is 4.74 Å². The summed E-state index contributed by atoms with van der Waals surface area (Å²) in [5.74, 6) is 0.0428. The van der Waals surface area contributed by atoms with Gasteiger partial charge in [0.05, 0.1) is 6.10 Å². The maximum absolute atomic E-state index is 12.7. The number of rotatable bonds is 6. The van der Waals surface area contributed by atoms with Crippen molar-refractivity contribution in [1.29, 1.82) is 0 Å². The quantitative estimate of drug-likeness (QED) is 0.809. The summed E-state index contributed by atoms with van der Waals surface area (Å²) in [7, 11) is 3.71. The summed E-state index contributed by atoms with van der Waals surface area (Å²) < 4.78 is 7.53. The number of hydrogen-bond acceptors (Lipinski definition) is 3. The van der Waals surface area contributed by atoms with E-state index in [0.717, 1.165) is 25.9 Å². The lowest BCUT2D eigenvalue weighted by molar-refractivity contribution is -0.159. The molecule has 5 heteroatoms. The number of aromatic nitrogens is 2. The molecule has 0 bridgehead atoms. The largest absolute Gasteiger partial charge is 0.378 e. The molecule has 1 saturated carbocycles. The molecule has 0 radical (unpaired) electrons. The van der Waals surface area contributed by atoms with Gasteiger partial charge >= 0.3 is 0 Å². The van der Waals surface area contributed by atoms with Gasteiger partial charge in [0.1, 0.15) is 5.69 Å². The molecule has 1 heterocycles. The van der Waals surface area contributed by atoms with Crippen LogP contribution in [-0.4, -0.2) is 46.4 Å². The second-order valence-corrected chi connectivity index (χ2v) is 5.89. The standard InChI is InChI=1S/C16H27N3O2/c1-6-16(7-2)13(11-14(16)21-8-3)18(4)15(20)12-9-10-17-19(12)5/h9-10,13-14H,6-8,11H2,1-5H3. The molecule has 5 nitrogen and oxygen atoms in total. The monoisotopic (exact) mass is 293 g/mol. The Balaban J connectivity index is 2.18. The molecule has 1 aliphatic rings. The lowest BCUT2D eigenvalue weighted by Crippen LogP contribution is -2.64. The lowest BCUT2D eigenvalue weighted by Gasteiger charge is -2.58. The Hall–Kier alpha value is -1.36. The van der Waals surface area contributed by atoms with Gasteiger partial charge in [-0.2, -0.15) is 5.10 Å². The third kappa shape index (κ3) is 2.48. The molecule has 0 spiro atoms. The molecule has 1 aliphatic carbocycles. The molecular formula is C16H27N3O2. The van der Waals surface area contributed by atoms with Crippen molar-refractivity contribution in [3.8, 4) is 0 Å². The van der Waals surface area contributed by atoms with Gasteiger partial charge in [0.25, 0.3) is 5.91 Å². The topological polar surface area (TPSA) is 47.4 Å². The van der Waals surface area contributed by atoms with Crippen LogP contribution >= 0.6 is 0 Å². The SMILES string of the molecule is CCOC1CC(N(C)C(=O)c2ccnn2C)C1(CC)CC. The third-order valence-electron chi connectivity index (χ3n) is 5.25. The van der Waals surface area contributed by atoms with Crippen LogP contribution in [0.25, 0.3) is 0 Å². The fourth-order valence-electron chi connectivity index (χ4n) is 3.79. The summed E-state index contributed by atoms with van der Waals surface area (Å²) in [6.45, 7) is 7.17. The van der Waals surface area contributed by atoms with Crippen LogP contribution in [0.2, 0.25) is 0 Å². The summed E-state index contributed by atoms with van der Waals surface area (Å²) in [6.07, 6.45) is 4.92. The third-order valence-corrected chi connectivity index (χ3v) is 5.25. The minimum Gasteiger partial charge on any atom is -0.378 e. The highest BCUT2D eigenvalue weighted by molar-refractivity contribution is 5.92. The average molecular weight is 293 g/mol. The van der Waals surface area contributed by atoms with E-state index in [-0.39, 0.29) is 23.5 Å². The van der Waals surface area contributed by atoms with E-state index in [1.165, 1.54) is 0 Å². The van der Waals surface area contributed by atoms with E-state index in [1.54, 1.807) is 24.0 Å². The second-order valence-electron chi connectivity index (χ2n) is 5.89. The van der Waals surface area contributed by atoms with Gasteiger partial charge in [-0.25, -0.2) is 0 Å². The second kappa shape index (κ2) is 6.18. The molecule has 1 amide bonds. The van der Waals surface area contributed by atoms with Gasteiger partial charge in [-0.1, -0.05) is 13.8 Å². The highest BCUT2D eigenvalue weighted by Gasteiger charge is 2.55. The molecule has 1 aromatic rings. The van der Waals surface area contributed by atoms with Crippen LogP contribution in [0.1, 0.15) is 50.5 Å². The van der Waals surface area contributed by atoms with Crippen LogP contribution in [0.15, 0.2) is 12.3 Å². The van der Waals surface area contributed by atoms with Crippen LogP contribution in [0.3, 0.4) is 0 Å². The average Bonchev–Trinajstić information content (AvgIpc) is 2.89. The Morgan fingerprint density at radius 2 is 2.14 bits per heavy atom. The Morgan fingerprint density at radius 1 is 1.48 bits per heavy atom. The van der Waals surface area contributed by atoms with E-state index in [9.17, 15) is 4.79 Å². The van der Waals surface area contributed by atoms with Crippen molar-refractivity contribution in [3.63, 3.8) is 0 Å². The van der Waals surface area contributed by atoms with Crippen LogP contribution in [0, 0.1) is 5.41 Å². The number of carbonyl (C=O) groups excluding carboxylic acids is 1. The predicted molar refractivity (Wildman–Crippen MR) is 82.1 cm³/mol. The minimum absolute atomic E-state index is 0.0428. The molecule has 2 unspecified atom stereocenters. The summed E-state index contributed by atoms with van der Waals surface area (Å²) in [5, 5.41) is 4.09. The molecule has 1 aromatic heterocycles. The number of amides is 1. The Morgan fingerprint density at radius 3 is 2.62 bits per heavy atom. The number of hydrogen-bond donors (Lipinski definition) is 0. The van der Waals surface area contributed by atoms with E-state index < -0.39 is 0 Å². The summed E-state index contributed by atoms with van der Waals surface area (Å²) >= 11 is 0. The van der Waals surface area contributed by atoms with Gasteiger partial charge in [0.15, 0.2) is 0 Å². The molecular weight excluding hydrogens is 266 g/mol. The van der Waals surface area contributed by atoms with Crippen molar-refractivity contribution in [3.05, 3.63) is 18.0 Å². The summed E-state index contributed by atoms with van der Waals surface area (Å²) in [6, 6.07) is 2.02. The van der Waals surface area contributed by atoms with Crippen LogP contribution in [-0.2, 0) is 11.8 Å². The number of aryl methyl sites for hydroxylation is 1. The van der Waals surface area contributed by atoms with Crippen molar-refractivity contribution in [2.45, 2.75) is 52.2 Å². The zero-order valence-electron chi connectivity index (χ0n) is 13.8. The minimum atomic E-state index is 0.0428. The van der Waals surface area contributed by atoms with Gasteiger partial charge in [-0.15, -0.1) is 0 Å². The Kier molecular flexibility index (Phi) is 4.71. The van der Waals surface area contributed by atoms with Crippen LogP contribution in [0.4, 0.5) is 0 Å².